The van der Waals surface area contributed by atoms with Crippen LogP contribution in [0.15, 0.2) is 12.1 Å². The molecule has 1 aromatic rings. The summed E-state index contributed by atoms with van der Waals surface area (Å²) >= 11 is 12.2. The van der Waals surface area contributed by atoms with Crippen LogP contribution < -0.4 is 0 Å². The number of nitriles is 1. The van der Waals surface area contributed by atoms with Crippen LogP contribution in [0.5, 0.6) is 0 Å². The lowest BCUT2D eigenvalue weighted by atomic mass is 10.1. The lowest BCUT2D eigenvalue weighted by molar-refractivity contribution is 0.0776. The number of nitrogens with zero attached hydrogens (tertiary/aromatic N) is 2. The van der Waals surface area contributed by atoms with Crippen LogP contribution in [0.2, 0.25) is 10.0 Å². The first-order valence-corrected chi connectivity index (χ1v) is 6.53. The maximum absolute atomic E-state index is 10.2. The largest absolute Gasteiger partial charge is 0.391 e. The van der Waals surface area contributed by atoms with E-state index < -0.39 is 6.10 Å². The van der Waals surface area contributed by atoms with Crippen LogP contribution in [-0.4, -0.2) is 29.7 Å². The van der Waals surface area contributed by atoms with Gasteiger partial charge >= 0.3 is 0 Å². The van der Waals surface area contributed by atoms with E-state index in [1.165, 1.54) is 0 Å². The highest BCUT2D eigenvalue weighted by Crippen LogP contribution is 2.40. The summed E-state index contributed by atoms with van der Waals surface area (Å²) in [5, 5.41) is 20.0. The van der Waals surface area contributed by atoms with Crippen molar-refractivity contribution >= 4 is 23.2 Å². The second kappa shape index (κ2) is 5.46. The van der Waals surface area contributed by atoms with Crippen molar-refractivity contribution in [3.8, 4) is 6.07 Å². The van der Waals surface area contributed by atoms with Gasteiger partial charge in [-0.2, -0.15) is 5.26 Å². The number of likely N-dealkylation sites (N-methyl/N-ethyl adjacent to an activating group) is 1. The topological polar surface area (TPSA) is 47.3 Å². The first-order chi connectivity index (χ1) is 8.54. The Morgan fingerprint density at radius 1 is 1.50 bits per heavy atom. The summed E-state index contributed by atoms with van der Waals surface area (Å²) in [5.41, 5.74) is 1.93. The zero-order chi connectivity index (χ0) is 13.3. The van der Waals surface area contributed by atoms with Gasteiger partial charge in [0.1, 0.15) is 0 Å². The Morgan fingerprint density at radius 3 is 2.89 bits per heavy atom. The molecule has 1 aromatic carbocycles. The molecule has 1 aliphatic rings. The average molecular weight is 285 g/mol. The summed E-state index contributed by atoms with van der Waals surface area (Å²) in [7, 11) is 1.90. The van der Waals surface area contributed by atoms with Gasteiger partial charge in [0, 0.05) is 29.4 Å². The van der Waals surface area contributed by atoms with Gasteiger partial charge in [-0.3, -0.25) is 4.90 Å². The summed E-state index contributed by atoms with van der Waals surface area (Å²) in [4.78, 5) is 1.98. The quantitative estimate of drug-likeness (QED) is 0.929. The minimum absolute atomic E-state index is 0.135. The van der Waals surface area contributed by atoms with E-state index in [-0.39, 0.29) is 6.04 Å². The second-order valence-electron chi connectivity index (χ2n) is 4.56. The van der Waals surface area contributed by atoms with Gasteiger partial charge in [-0.1, -0.05) is 23.2 Å². The summed E-state index contributed by atoms with van der Waals surface area (Å²) in [5.74, 6) is 0. The van der Waals surface area contributed by atoms with Crippen LogP contribution in [0, 0.1) is 11.3 Å². The van der Waals surface area contributed by atoms with Crippen molar-refractivity contribution in [1.82, 2.24) is 4.90 Å². The van der Waals surface area contributed by atoms with Crippen LogP contribution in [0.3, 0.4) is 0 Å². The molecule has 0 bridgehead atoms. The highest BCUT2D eigenvalue weighted by atomic mass is 35.5. The van der Waals surface area contributed by atoms with Gasteiger partial charge in [0.25, 0.3) is 0 Å². The smallest absolute Gasteiger partial charge is 0.0777 e. The molecule has 0 aliphatic heterocycles. The summed E-state index contributed by atoms with van der Waals surface area (Å²) in [6, 6.07) is 5.53. The number of aliphatic hydroxyl groups is 1. The fourth-order valence-electron chi connectivity index (χ4n) is 2.53. The Kier molecular flexibility index (Phi) is 4.14. The number of halogens is 2. The lowest BCUT2D eigenvalue weighted by Gasteiger charge is -2.27. The fourth-order valence-corrected chi connectivity index (χ4v) is 3.11. The zero-order valence-electron chi connectivity index (χ0n) is 10.0. The normalized spacial score (nSPS) is 22.0. The lowest BCUT2D eigenvalue weighted by Crippen LogP contribution is -2.31. The zero-order valence-corrected chi connectivity index (χ0v) is 11.5. The van der Waals surface area contributed by atoms with E-state index in [9.17, 15) is 5.11 Å². The SMILES string of the molecule is CN(CCC#N)C1c2cc(Cl)cc(Cl)c2CC1O. The van der Waals surface area contributed by atoms with Gasteiger partial charge in [0.2, 0.25) is 0 Å². The molecule has 96 valence electrons. The van der Waals surface area contributed by atoms with Gasteiger partial charge in [-0.25, -0.2) is 0 Å². The van der Waals surface area contributed by atoms with Gasteiger partial charge in [-0.05, 0) is 30.3 Å². The van der Waals surface area contributed by atoms with Crippen molar-refractivity contribution in [2.45, 2.75) is 25.0 Å². The summed E-state index contributed by atoms with van der Waals surface area (Å²) in [6.45, 7) is 0.613. The van der Waals surface area contributed by atoms with Crippen LogP contribution in [-0.2, 0) is 6.42 Å². The molecule has 0 radical (unpaired) electrons. The standard InChI is InChI=1S/C13H14Cl2N2O/c1-17(4-2-3-16)13-10-5-8(14)6-11(15)9(10)7-12(13)18/h5-6,12-13,18H,2,4,7H2,1H3. The molecule has 0 fully saturated rings. The molecule has 2 unspecified atom stereocenters. The molecule has 18 heavy (non-hydrogen) atoms. The Hall–Kier alpha value is -0.790. The van der Waals surface area contributed by atoms with E-state index in [0.717, 1.165) is 11.1 Å². The summed E-state index contributed by atoms with van der Waals surface area (Å²) < 4.78 is 0. The molecule has 0 spiro atoms. The molecule has 1 aliphatic carbocycles. The fraction of sp³-hybridized carbons (Fsp3) is 0.462. The van der Waals surface area contributed by atoms with Crippen molar-refractivity contribution in [3.63, 3.8) is 0 Å². The number of aliphatic hydroxyl groups excluding tert-OH is 1. The minimum Gasteiger partial charge on any atom is -0.391 e. The van der Waals surface area contributed by atoms with Crippen molar-refractivity contribution in [3.05, 3.63) is 33.3 Å². The van der Waals surface area contributed by atoms with E-state index in [1.54, 1.807) is 6.07 Å². The molecule has 0 heterocycles. The monoisotopic (exact) mass is 284 g/mol. The average Bonchev–Trinajstić information content (AvgIpc) is 2.63. The summed E-state index contributed by atoms with van der Waals surface area (Å²) in [6.07, 6.45) is 0.468. The first kappa shape index (κ1) is 13.6. The molecule has 2 rings (SSSR count). The second-order valence-corrected chi connectivity index (χ2v) is 5.40. The van der Waals surface area contributed by atoms with Gasteiger partial charge in [-0.15, -0.1) is 0 Å². The molecule has 5 heteroatoms. The molecule has 0 amide bonds. The Bertz CT molecular complexity index is 498. The highest BCUT2D eigenvalue weighted by Gasteiger charge is 2.35. The van der Waals surface area contributed by atoms with E-state index in [0.29, 0.717) is 29.4 Å². The molecule has 0 saturated heterocycles. The first-order valence-electron chi connectivity index (χ1n) is 5.77. The number of hydrogen-bond donors (Lipinski definition) is 1. The molecular weight excluding hydrogens is 271 g/mol. The van der Waals surface area contributed by atoms with Crippen LogP contribution in [0.25, 0.3) is 0 Å². The van der Waals surface area contributed by atoms with Crippen molar-refractivity contribution < 1.29 is 5.11 Å². The third-order valence-corrected chi connectivity index (χ3v) is 3.90. The Morgan fingerprint density at radius 2 is 2.22 bits per heavy atom. The number of benzene rings is 1. The molecule has 3 nitrogen and oxygen atoms in total. The van der Waals surface area contributed by atoms with E-state index >= 15 is 0 Å². The minimum atomic E-state index is -0.500. The molecule has 0 aromatic heterocycles. The number of rotatable bonds is 3. The third kappa shape index (κ3) is 2.48. The predicted octanol–water partition coefficient (Wildman–Crippen LogP) is 2.80. The highest BCUT2D eigenvalue weighted by molar-refractivity contribution is 6.35. The van der Waals surface area contributed by atoms with Crippen molar-refractivity contribution in [1.29, 1.82) is 5.26 Å². The number of fused-ring (bicyclic) bond motifs is 1. The molecular formula is C13H14Cl2N2O. The molecule has 2 atom stereocenters. The molecule has 1 N–H and O–H groups in total. The van der Waals surface area contributed by atoms with E-state index in [2.05, 4.69) is 6.07 Å². The third-order valence-electron chi connectivity index (χ3n) is 3.34. The van der Waals surface area contributed by atoms with Crippen LogP contribution in [0.4, 0.5) is 0 Å². The van der Waals surface area contributed by atoms with Crippen molar-refractivity contribution in [2.75, 3.05) is 13.6 Å². The Balaban J connectivity index is 2.33. The maximum Gasteiger partial charge on any atom is 0.0777 e. The van der Waals surface area contributed by atoms with Crippen LogP contribution >= 0.6 is 23.2 Å². The number of hydrogen-bond acceptors (Lipinski definition) is 3. The van der Waals surface area contributed by atoms with Gasteiger partial charge < -0.3 is 5.11 Å². The van der Waals surface area contributed by atoms with Crippen molar-refractivity contribution in [2.24, 2.45) is 0 Å². The van der Waals surface area contributed by atoms with E-state index in [1.807, 2.05) is 18.0 Å². The molecule has 0 saturated carbocycles. The van der Waals surface area contributed by atoms with Gasteiger partial charge in [0.05, 0.1) is 18.2 Å². The van der Waals surface area contributed by atoms with Gasteiger partial charge in [0.15, 0.2) is 0 Å². The predicted molar refractivity (Wildman–Crippen MR) is 71.8 cm³/mol. The Labute approximate surface area is 117 Å². The van der Waals surface area contributed by atoms with E-state index in [4.69, 9.17) is 28.5 Å². The van der Waals surface area contributed by atoms with Crippen LogP contribution in [0.1, 0.15) is 23.6 Å². The maximum atomic E-state index is 10.2.